The lowest BCUT2D eigenvalue weighted by Crippen LogP contribution is -2.63. The van der Waals surface area contributed by atoms with Crippen molar-refractivity contribution in [3.8, 4) is 0 Å². The first kappa shape index (κ1) is 38.1. The van der Waals surface area contributed by atoms with Crippen molar-refractivity contribution in [2.75, 3.05) is 37.7 Å². The molecule has 6 aliphatic rings. The van der Waals surface area contributed by atoms with Crippen molar-refractivity contribution in [1.82, 2.24) is 10.2 Å². The summed E-state index contributed by atoms with van der Waals surface area (Å²) in [4.78, 5) is 16.6. The molecule has 1 heterocycles. The van der Waals surface area contributed by atoms with Gasteiger partial charge in [-0.05, 0) is 117 Å². The minimum absolute atomic E-state index is 0.0219. The van der Waals surface area contributed by atoms with Gasteiger partial charge in [0.25, 0.3) is 0 Å². The molecule has 13 heteroatoms. The number of hydrogen-bond acceptors (Lipinski definition) is 7. The van der Waals surface area contributed by atoms with Gasteiger partial charge in [-0.3, -0.25) is 9.69 Å². The predicted molar refractivity (Wildman–Crippen MR) is 187 cm³/mol. The molecule has 0 spiro atoms. The maximum atomic E-state index is 14.5. The Hall–Kier alpha value is -1.60. The number of carbonyl (C=O) groups is 1. The van der Waals surface area contributed by atoms with Gasteiger partial charge in [0.05, 0.1) is 16.9 Å². The highest BCUT2D eigenvalue weighted by Crippen LogP contribution is 2.74. The predicted octanol–water partition coefficient (Wildman–Crippen LogP) is 6.99. The molecule has 1 amide bonds. The molecule has 8 nitrogen and oxygen atoms in total. The third kappa shape index (κ3) is 6.28. The third-order valence-electron chi connectivity index (χ3n) is 15.3. The van der Waals surface area contributed by atoms with Gasteiger partial charge in [0.1, 0.15) is 5.76 Å². The van der Waals surface area contributed by atoms with Crippen LogP contribution in [0.4, 0.5) is 13.2 Å². The van der Waals surface area contributed by atoms with Gasteiger partial charge >= 0.3 is 15.6 Å². The van der Waals surface area contributed by atoms with Gasteiger partial charge in [-0.25, -0.2) is 8.42 Å². The molecule has 6 rings (SSSR count). The fraction of sp³-hybridized carbons (Fsp3) is 0.865. The van der Waals surface area contributed by atoms with Gasteiger partial charge in [0.15, 0.2) is 9.84 Å². The smallest absolute Gasteiger partial charge is 0.381 e. The monoisotopic (exact) mass is 746 g/mol. The van der Waals surface area contributed by atoms with Crippen molar-refractivity contribution in [1.29, 1.82) is 0 Å². The average Bonchev–Trinajstić information content (AvgIpc) is 3.42. The van der Waals surface area contributed by atoms with E-state index in [0.29, 0.717) is 38.5 Å². The molecule has 4 saturated carbocycles. The van der Waals surface area contributed by atoms with E-state index in [9.17, 15) is 34.8 Å². The molecule has 5 aliphatic carbocycles. The Balaban J connectivity index is 1.26. The van der Waals surface area contributed by atoms with Gasteiger partial charge in [-0.15, -0.1) is 0 Å². The van der Waals surface area contributed by atoms with E-state index < -0.39 is 30.9 Å². The van der Waals surface area contributed by atoms with Crippen LogP contribution in [-0.2, 0) is 28.9 Å². The number of fused-ring (bicyclic) bond motifs is 7. The van der Waals surface area contributed by atoms with Crippen molar-refractivity contribution in [2.45, 2.75) is 110 Å². The number of allylic oxidation sites excluding steroid dienone is 3. The molecule has 0 unspecified atom stereocenters. The van der Waals surface area contributed by atoms with E-state index in [4.69, 9.17) is 0 Å². The van der Waals surface area contributed by atoms with E-state index >= 15 is 0 Å². The second kappa shape index (κ2) is 13.1. The summed E-state index contributed by atoms with van der Waals surface area (Å²) >= 11 is 0. The molecule has 0 aromatic heterocycles. The molecular weight excluding hydrogens is 690 g/mol. The quantitative estimate of drug-likeness (QED) is 0.170. The van der Waals surface area contributed by atoms with Crippen LogP contribution in [0.15, 0.2) is 24.0 Å². The van der Waals surface area contributed by atoms with Crippen LogP contribution >= 0.6 is 0 Å². The van der Waals surface area contributed by atoms with Crippen LogP contribution in [-0.4, -0.2) is 70.8 Å². The van der Waals surface area contributed by atoms with Crippen molar-refractivity contribution in [3.63, 3.8) is 0 Å². The number of alkyl halides is 3. The molecule has 284 valence electrons. The van der Waals surface area contributed by atoms with Crippen LogP contribution < -0.4 is 5.32 Å². The summed E-state index contributed by atoms with van der Waals surface area (Å²) in [5.41, 5.74) is -5.16. The van der Waals surface area contributed by atoms with Gasteiger partial charge in [-0.2, -0.15) is 21.6 Å². The Kier molecular flexibility index (Phi) is 9.96. The second-order valence-electron chi connectivity index (χ2n) is 17.5. The van der Waals surface area contributed by atoms with Crippen LogP contribution in [0.3, 0.4) is 0 Å². The number of nitrogens with zero attached hydrogens (tertiary/aromatic N) is 1. The molecule has 0 radical (unpaired) electrons. The van der Waals surface area contributed by atoms with Gasteiger partial charge in [0, 0.05) is 32.6 Å². The minimum atomic E-state index is -5.71. The Morgan fingerprint density at radius 3 is 2.36 bits per heavy atom. The number of carbonyl (C=O) groups excluding carboxylic acids is 1. The van der Waals surface area contributed by atoms with Gasteiger partial charge in [-0.1, -0.05) is 45.8 Å². The Labute approximate surface area is 297 Å². The van der Waals surface area contributed by atoms with Gasteiger partial charge < -0.3 is 9.50 Å². The molecule has 1 aliphatic heterocycles. The topological polar surface area (TPSA) is 110 Å². The summed E-state index contributed by atoms with van der Waals surface area (Å²) in [6.45, 7) is 15.9. The highest BCUT2D eigenvalue weighted by atomic mass is 32.2. The lowest BCUT2D eigenvalue weighted by molar-refractivity contribution is -0.198. The van der Waals surface area contributed by atoms with E-state index in [1.165, 1.54) is 0 Å². The maximum absolute atomic E-state index is 14.5. The lowest BCUT2D eigenvalue weighted by atomic mass is 9.36. The normalized spacial score (nSPS) is 42.0. The molecule has 9 atom stereocenters. The summed E-state index contributed by atoms with van der Waals surface area (Å²) in [6, 6.07) is 0. The van der Waals surface area contributed by atoms with Crippen LogP contribution in [0.2, 0.25) is 0 Å². The van der Waals surface area contributed by atoms with Crippen molar-refractivity contribution in [2.24, 2.45) is 51.2 Å². The van der Waals surface area contributed by atoms with Crippen molar-refractivity contribution < 1.29 is 39.0 Å². The molecule has 0 bridgehead atoms. The highest BCUT2D eigenvalue weighted by Gasteiger charge is 2.69. The van der Waals surface area contributed by atoms with Gasteiger partial charge in [0.2, 0.25) is 5.91 Å². The van der Waals surface area contributed by atoms with Crippen LogP contribution in [0.1, 0.15) is 105 Å². The Morgan fingerprint density at radius 2 is 1.70 bits per heavy atom. The van der Waals surface area contributed by atoms with Crippen LogP contribution in [0.5, 0.6) is 0 Å². The van der Waals surface area contributed by atoms with E-state index in [0.717, 1.165) is 69.8 Å². The number of amides is 1. The number of sulfone groups is 1. The molecule has 1 N–H and O–H groups in total. The first-order valence-corrected chi connectivity index (χ1v) is 22.0. The summed E-state index contributed by atoms with van der Waals surface area (Å²) in [5, 5.41) is 3.33. The second-order valence-corrected chi connectivity index (χ2v) is 21.3. The summed E-state index contributed by atoms with van der Waals surface area (Å²) < 4.78 is 91.7. The molecule has 5 fully saturated rings. The zero-order chi connectivity index (χ0) is 36.5. The van der Waals surface area contributed by atoms with E-state index in [2.05, 4.69) is 48.7 Å². The summed E-state index contributed by atoms with van der Waals surface area (Å²) in [6.07, 6.45) is 11.6. The third-order valence-corrected chi connectivity index (χ3v) is 18.0. The number of hydrogen-bond donors (Lipinski definition) is 1. The largest absolute Gasteiger partial charge is 0.534 e. The fourth-order valence-electron chi connectivity index (χ4n) is 12.4. The van der Waals surface area contributed by atoms with Crippen LogP contribution in [0, 0.1) is 51.2 Å². The molecule has 1 saturated heterocycles. The lowest BCUT2D eigenvalue weighted by Gasteiger charge is -2.68. The number of nitrogens with one attached hydrogen (secondary N) is 1. The first-order chi connectivity index (χ1) is 23.2. The Morgan fingerprint density at radius 1 is 1.02 bits per heavy atom. The molecule has 50 heavy (non-hydrogen) atoms. The summed E-state index contributed by atoms with van der Waals surface area (Å²) in [7, 11) is -8.68. The number of halogens is 3. The summed E-state index contributed by atoms with van der Waals surface area (Å²) in [5.74, 6) is 1.41. The average molecular weight is 747 g/mol. The maximum Gasteiger partial charge on any atom is 0.534 e. The zero-order valence-corrected chi connectivity index (χ0v) is 31.9. The van der Waals surface area contributed by atoms with E-state index in [1.54, 1.807) is 6.08 Å². The van der Waals surface area contributed by atoms with Crippen LogP contribution in [0.25, 0.3) is 0 Å². The molecule has 0 aromatic carbocycles. The van der Waals surface area contributed by atoms with E-state index in [-0.39, 0.29) is 69.5 Å². The number of rotatable bonds is 7. The standard InChI is InChI=1S/C37H57F3N2O6S2/c1-25(2)28-12-15-36(32(43)41-18-19-42-20-22-49(44,45)23-21-42)17-16-34(4)29(31(28)36)8-6-7-9-30-33(3)13-11-27(48-50(46,47)37(38,39)40)24-26(33)10-14-35(30,34)5/h11,26,28-31H,1,6-10,12-24H2,2-5H3,(H,41,43)/t26-,28-,29-,30+,31+,33-,34+,35+,36-/m0/s1. The Bertz CT molecular complexity index is 1600. The highest BCUT2D eigenvalue weighted by molar-refractivity contribution is 7.91. The van der Waals surface area contributed by atoms with Crippen molar-refractivity contribution in [3.05, 3.63) is 24.0 Å². The zero-order valence-electron chi connectivity index (χ0n) is 30.2. The SMILES string of the molecule is C=C(C)[C@@H]1CC[C@]2(C(=O)NCCN3CCS(=O)(=O)CC3)CC[C@]3(C)[C@@H](CCCC[C@@H]4[C@@]5(C)CC=C(OS(=O)(=O)C(F)(F)F)C[C@@H]5CC[C@]43C)[C@@H]12. The first-order valence-electron chi connectivity index (χ1n) is 18.8. The fourth-order valence-corrected chi connectivity index (χ4v) is 14.2. The molecule has 0 aromatic rings. The van der Waals surface area contributed by atoms with Crippen molar-refractivity contribution >= 4 is 25.9 Å². The van der Waals surface area contributed by atoms with E-state index in [1.807, 2.05) is 0 Å². The molecular formula is C37H57F3N2O6S2. The minimum Gasteiger partial charge on any atom is -0.381 e.